The van der Waals surface area contributed by atoms with Crippen LogP contribution in [0.1, 0.15) is 5.56 Å². The molecule has 0 fully saturated rings. The van der Waals surface area contributed by atoms with Crippen LogP contribution in [-0.4, -0.2) is 14.7 Å². The number of hydrogen-bond donors (Lipinski definition) is 1. The number of sulfone groups is 1. The molecule has 0 bridgehead atoms. The average molecular weight is 314 g/mol. The third kappa shape index (κ3) is 3.49. The molecule has 0 radical (unpaired) electrons. The van der Waals surface area contributed by atoms with Crippen molar-refractivity contribution in [3.05, 3.63) is 58.9 Å². The third-order valence-electron chi connectivity index (χ3n) is 2.78. The number of halogens is 2. The minimum absolute atomic E-state index is 0.0641. The smallest absolute Gasteiger partial charge is 0.175 e. The van der Waals surface area contributed by atoms with Gasteiger partial charge in [-0.15, -0.1) is 0 Å². The summed E-state index contributed by atoms with van der Waals surface area (Å²) in [6, 6.07) is 11.1. The van der Waals surface area contributed by atoms with Gasteiger partial charge in [0, 0.05) is 24.1 Å². The molecule has 106 valence electrons. The third-order valence-corrected chi connectivity index (χ3v) is 4.18. The molecule has 0 saturated heterocycles. The van der Waals surface area contributed by atoms with Crippen LogP contribution in [-0.2, 0) is 16.4 Å². The molecule has 0 heterocycles. The molecule has 0 unspecified atom stereocenters. The average Bonchev–Trinajstić information content (AvgIpc) is 2.40. The molecule has 3 nitrogen and oxygen atoms in total. The molecular weight excluding hydrogens is 301 g/mol. The zero-order valence-electron chi connectivity index (χ0n) is 10.7. The fraction of sp³-hybridized carbons (Fsp3) is 0.143. The zero-order chi connectivity index (χ0) is 14.8. The molecule has 0 atom stereocenters. The second-order valence-corrected chi connectivity index (χ2v) is 6.79. The molecule has 2 rings (SSSR count). The molecule has 0 aromatic heterocycles. The van der Waals surface area contributed by atoms with Crippen LogP contribution in [0.15, 0.2) is 47.4 Å². The Balaban J connectivity index is 2.18. The van der Waals surface area contributed by atoms with Gasteiger partial charge in [0.05, 0.1) is 9.92 Å². The topological polar surface area (TPSA) is 46.2 Å². The normalized spacial score (nSPS) is 11.3. The van der Waals surface area contributed by atoms with Crippen molar-refractivity contribution < 1.29 is 12.8 Å². The van der Waals surface area contributed by atoms with Crippen molar-refractivity contribution >= 4 is 27.1 Å². The highest BCUT2D eigenvalue weighted by Gasteiger charge is 2.08. The standard InChI is InChI=1S/C14H13ClFNO2S/c1-20(18,19)12-6-3-5-11(8-12)17-9-10-4-2-7-13(15)14(10)16/h2-8,17H,9H2,1H3. The van der Waals surface area contributed by atoms with Crippen LogP contribution in [0, 0.1) is 5.82 Å². The molecule has 20 heavy (non-hydrogen) atoms. The van der Waals surface area contributed by atoms with Gasteiger partial charge in [-0.05, 0) is 24.3 Å². The maximum absolute atomic E-state index is 13.7. The molecule has 2 aromatic rings. The van der Waals surface area contributed by atoms with Gasteiger partial charge >= 0.3 is 0 Å². The summed E-state index contributed by atoms with van der Waals surface area (Å²) in [5.41, 5.74) is 1.02. The van der Waals surface area contributed by atoms with Crippen molar-refractivity contribution in [1.82, 2.24) is 0 Å². The highest BCUT2D eigenvalue weighted by molar-refractivity contribution is 7.90. The van der Waals surface area contributed by atoms with Gasteiger partial charge in [0.25, 0.3) is 0 Å². The fourth-order valence-electron chi connectivity index (χ4n) is 1.72. The van der Waals surface area contributed by atoms with Gasteiger partial charge in [-0.25, -0.2) is 12.8 Å². The van der Waals surface area contributed by atoms with Gasteiger partial charge in [0.15, 0.2) is 9.84 Å². The lowest BCUT2D eigenvalue weighted by atomic mass is 10.2. The molecule has 0 aliphatic rings. The lowest BCUT2D eigenvalue weighted by Gasteiger charge is -2.09. The summed E-state index contributed by atoms with van der Waals surface area (Å²) < 4.78 is 36.6. The Morgan fingerprint density at radius 1 is 1.20 bits per heavy atom. The van der Waals surface area contributed by atoms with E-state index in [1.165, 1.54) is 18.2 Å². The van der Waals surface area contributed by atoms with Crippen molar-refractivity contribution in [2.75, 3.05) is 11.6 Å². The first-order valence-electron chi connectivity index (χ1n) is 5.85. The summed E-state index contributed by atoms with van der Waals surface area (Å²) in [6.45, 7) is 0.222. The van der Waals surface area contributed by atoms with Gasteiger partial charge in [-0.3, -0.25) is 0 Å². The minimum Gasteiger partial charge on any atom is -0.381 e. The molecule has 2 aromatic carbocycles. The van der Waals surface area contributed by atoms with E-state index in [2.05, 4.69) is 5.32 Å². The van der Waals surface area contributed by atoms with E-state index >= 15 is 0 Å². The number of hydrogen-bond acceptors (Lipinski definition) is 3. The predicted molar refractivity (Wildman–Crippen MR) is 78.3 cm³/mol. The Hall–Kier alpha value is -1.59. The summed E-state index contributed by atoms with van der Waals surface area (Å²) in [4.78, 5) is 0.217. The van der Waals surface area contributed by atoms with Crippen LogP contribution in [0.2, 0.25) is 5.02 Å². The second kappa shape index (κ2) is 5.81. The number of benzene rings is 2. The van der Waals surface area contributed by atoms with Crippen LogP contribution < -0.4 is 5.32 Å². The van der Waals surface area contributed by atoms with Crippen molar-refractivity contribution in [3.8, 4) is 0 Å². The molecular formula is C14H13ClFNO2S. The van der Waals surface area contributed by atoms with E-state index in [1.54, 1.807) is 24.3 Å². The number of nitrogens with one attached hydrogen (secondary N) is 1. The van der Waals surface area contributed by atoms with Gasteiger partial charge < -0.3 is 5.32 Å². The van der Waals surface area contributed by atoms with Crippen molar-refractivity contribution in [3.63, 3.8) is 0 Å². The fourth-order valence-corrected chi connectivity index (χ4v) is 2.58. The van der Waals surface area contributed by atoms with Crippen LogP contribution in [0.3, 0.4) is 0 Å². The van der Waals surface area contributed by atoms with Crippen molar-refractivity contribution in [2.24, 2.45) is 0 Å². The molecule has 0 aliphatic carbocycles. The molecule has 0 spiro atoms. The quantitative estimate of drug-likeness (QED) is 0.939. The summed E-state index contributed by atoms with van der Waals surface area (Å²) in [6.07, 6.45) is 1.14. The molecule has 0 saturated carbocycles. The van der Waals surface area contributed by atoms with Crippen LogP contribution in [0.4, 0.5) is 10.1 Å². The molecule has 1 N–H and O–H groups in total. The van der Waals surface area contributed by atoms with Crippen LogP contribution >= 0.6 is 11.6 Å². The summed E-state index contributed by atoms with van der Waals surface area (Å²) in [5, 5.41) is 3.04. The van der Waals surface area contributed by atoms with E-state index in [1.807, 2.05) is 0 Å². The highest BCUT2D eigenvalue weighted by atomic mass is 35.5. The summed E-state index contributed by atoms with van der Waals surface area (Å²) >= 11 is 5.70. The van der Waals surface area contributed by atoms with E-state index in [9.17, 15) is 12.8 Å². The van der Waals surface area contributed by atoms with Gasteiger partial charge in [0.2, 0.25) is 0 Å². The van der Waals surface area contributed by atoms with E-state index in [-0.39, 0.29) is 16.5 Å². The van der Waals surface area contributed by atoms with Gasteiger partial charge in [-0.1, -0.05) is 29.8 Å². The Labute approximate surface area is 122 Å². The van der Waals surface area contributed by atoms with Gasteiger partial charge in [-0.2, -0.15) is 0 Å². The molecule has 0 amide bonds. The monoisotopic (exact) mass is 313 g/mol. The number of rotatable bonds is 4. The maximum Gasteiger partial charge on any atom is 0.175 e. The SMILES string of the molecule is CS(=O)(=O)c1cccc(NCc2cccc(Cl)c2F)c1. The summed E-state index contributed by atoms with van der Waals surface area (Å²) in [7, 11) is -3.26. The first-order valence-corrected chi connectivity index (χ1v) is 8.12. The Bertz CT molecular complexity index is 732. The lowest BCUT2D eigenvalue weighted by Crippen LogP contribution is -2.03. The first kappa shape index (κ1) is 14.8. The molecule has 6 heteroatoms. The van der Waals surface area contributed by atoms with Crippen molar-refractivity contribution in [1.29, 1.82) is 0 Å². The number of anilines is 1. The van der Waals surface area contributed by atoms with Crippen LogP contribution in [0.5, 0.6) is 0 Å². The van der Waals surface area contributed by atoms with Crippen molar-refractivity contribution in [2.45, 2.75) is 11.4 Å². The second-order valence-electron chi connectivity index (χ2n) is 4.37. The Morgan fingerprint density at radius 2 is 1.90 bits per heavy atom. The van der Waals surface area contributed by atoms with E-state index < -0.39 is 15.7 Å². The van der Waals surface area contributed by atoms with E-state index in [0.29, 0.717) is 11.3 Å². The molecule has 0 aliphatic heterocycles. The minimum atomic E-state index is -3.26. The summed E-state index contributed by atoms with van der Waals surface area (Å²) in [5.74, 6) is -0.471. The maximum atomic E-state index is 13.7. The largest absolute Gasteiger partial charge is 0.381 e. The Kier molecular flexibility index (Phi) is 4.30. The van der Waals surface area contributed by atoms with Gasteiger partial charge in [0.1, 0.15) is 5.82 Å². The van der Waals surface area contributed by atoms with Crippen LogP contribution in [0.25, 0.3) is 0 Å². The van der Waals surface area contributed by atoms with E-state index in [4.69, 9.17) is 11.6 Å². The van der Waals surface area contributed by atoms with E-state index in [0.717, 1.165) is 6.26 Å². The lowest BCUT2D eigenvalue weighted by molar-refractivity contribution is 0.601. The Morgan fingerprint density at radius 3 is 2.60 bits per heavy atom. The first-order chi connectivity index (χ1) is 9.38. The predicted octanol–water partition coefficient (Wildman–Crippen LogP) is 3.49. The highest BCUT2D eigenvalue weighted by Crippen LogP contribution is 2.20. The zero-order valence-corrected chi connectivity index (χ0v) is 12.3.